The van der Waals surface area contributed by atoms with Crippen molar-refractivity contribution in [2.45, 2.75) is 38.6 Å². The molecule has 0 radical (unpaired) electrons. The summed E-state index contributed by atoms with van der Waals surface area (Å²) in [6, 6.07) is 12.0. The van der Waals surface area contributed by atoms with Crippen LogP contribution < -0.4 is 5.32 Å². The number of benzene rings is 1. The lowest BCUT2D eigenvalue weighted by atomic mass is 10.0. The first-order chi connectivity index (χ1) is 14.5. The molecule has 156 valence electrons. The van der Waals surface area contributed by atoms with Gasteiger partial charge in [0.2, 0.25) is 11.8 Å². The van der Waals surface area contributed by atoms with E-state index in [1.165, 1.54) is 18.4 Å². The summed E-state index contributed by atoms with van der Waals surface area (Å²) >= 11 is 1.35. The van der Waals surface area contributed by atoms with Gasteiger partial charge in [0.1, 0.15) is 11.1 Å². The van der Waals surface area contributed by atoms with Gasteiger partial charge in [0, 0.05) is 24.3 Å². The average molecular weight is 426 g/mol. The Labute approximate surface area is 179 Å². The van der Waals surface area contributed by atoms with Gasteiger partial charge in [0.05, 0.1) is 25.6 Å². The highest BCUT2D eigenvalue weighted by Gasteiger charge is 2.27. The molecule has 0 saturated carbocycles. The Morgan fingerprint density at radius 3 is 2.67 bits per heavy atom. The molecule has 8 heteroatoms. The number of amides is 2. The Balaban J connectivity index is 1.63. The number of carbonyl (C=O) groups excluding carboxylic acids is 3. The zero-order valence-corrected chi connectivity index (χ0v) is 17.6. The van der Waals surface area contributed by atoms with Crippen LogP contribution in [-0.4, -0.2) is 36.3 Å². The number of anilines is 1. The van der Waals surface area contributed by atoms with E-state index in [0.717, 1.165) is 16.0 Å². The maximum atomic E-state index is 12.4. The maximum Gasteiger partial charge on any atom is 0.306 e. The van der Waals surface area contributed by atoms with Crippen LogP contribution in [0.2, 0.25) is 0 Å². The highest BCUT2D eigenvalue weighted by Crippen LogP contribution is 2.37. The van der Waals surface area contributed by atoms with Gasteiger partial charge in [-0.2, -0.15) is 5.26 Å². The number of fused-ring (bicyclic) bond motifs is 1. The monoisotopic (exact) mass is 425 g/mol. The van der Waals surface area contributed by atoms with Crippen molar-refractivity contribution in [3.8, 4) is 6.07 Å². The molecule has 0 saturated heterocycles. The number of hydrogen-bond acceptors (Lipinski definition) is 6. The van der Waals surface area contributed by atoms with Gasteiger partial charge < -0.3 is 15.0 Å². The third kappa shape index (κ3) is 5.24. The van der Waals surface area contributed by atoms with Crippen LogP contribution in [-0.2, 0) is 38.5 Å². The van der Waals surface area contributed by atoms with E-state index in [1.807, 2.05) is 30.3 Å². The second-order valence-corrected chi connectivity index (χ2v) is 8.10. The van der Waals surface area contributed by atoms with Crippen LogP contribution in [0.1, 0.15) is 40.8 Å². The van der Waals surface area contributed by atoms with Gasteiger partial charge in [0.25, 0.3) is 0 Å². The van der Waals surface area contributed by atoms with Gasteiger partial charge in [-0.25, -0.2) is 0 Å². The van der Waals surface area contributed by atoms with E-state index in [2.05, 4.69) is 16.1 Å². The molecule has 2 amide bonds. The minimum Gasteiger partial charge on any atom is -0.469 e. The fraction of sp³-hybridized carbons (Fsp3) is 0.364. The van der Waals surface area contributed by atoms with Gasteiger partial charge in [-0.1, -0.05) is 30.3 Å². The van der Waals surface area contributed by atoms with Gasteiger partial charge in [-0.05, 0) is 24.0 Å². The van der Waals surface area contributed by atoms with Crippen LogP contribution in [0.3, 0.4) is 0 Å². The standard InChI is InChI=1S/C22H23N3O4S/c1-29-21(28)10-9-20(27)25-12-11-16-17(13-23)22(30-18(16)14-25)24-19(26)8-7-15-5-3-2-4-6-15/h2-6H,7-12,14H2,1H3,(H,24,26). The number of hydrogen-bond donors (Lipinski definition) is 1. The topological polar surface area (TPSA) is 99.5 Å². The molecule has 1 aliphatic rings. The summed E-state index contributed by atoms with van der Waals surface area (Å²) in [5, 5.41) is 13.0. The SMILES string of the molecule is COC(=O)CCC(=O)N1CCc2c(sc(NC(=O)CCc3ccccc3)c2C#N)C1. The first-order valence-corrected chi connectivity index (χ1v) is 10.6. The van der Waals surface area contributed by atoms with E-state index in [0.29, 0.717) is 42.9 Å². The van der Waals surface area contributed by atoms with Crippen LogP contribution in [0.15, 0.2) is 30.3 Å². The Morgan fingerprint density at radius 2 is 1.97 bits per heavy atom. The van der Waals surface area contributed by atoms with E-state index >= 15 is 0 Å². The molecule has 0 unspecified atom stereocenters. The normalized spacial score (nSPS) is 12.6. The number of carbonyl (C=O) groups is 3. The van der Waals surface area contributed by atoms with Gasteiger partial charge in [-0.3, -0.25) is 14.4 Å². The molecule has 0 fully saturated rings. The minimum absolute atomic E-state index is 0.0509. The number of nitrogens with one attached hydrogen (secondary N) is 1. The molecule has 7 nitrogen and oxygen atoms in total. The molecule has 30 heavy (non-hydrogen) atoms. The Kier molecular flexibility index (Phi) is 7.20. The number of aryl methyl sites for hydroxylation is 1. The second kappa shape index (κ2) is 10.0. The molecule has 1 aromatic carbocycles. The number of nitrogens with zero attached hydrogens (tertiary/aromatic N) is 2. The molecular formula is C22H23N3O4S. The first kappa shape index (κ1) is 21.5. The number of nitriles is 1. The second-order valence-electron chi connectivity index (χ2n) is 6.99. The molecule has 0 aliphatic carbocycles. The summed E-state index contributed by atoms with van der Waals surface area (Å²) in [6.45, 7) is 0.869. The van der Waals surface area contributed by atoms with Crippen LogP contribution in [0.25, 0.3) is 0 Å². The number of esters is 1. The number of methoxy groups -OCH3 is 1. The van der Waals surface area contributed by atoms with Crippen molar-refractivity contribution in [1.82, 2.24) is 4.90 Å². The molecule has 1 aliphatic heterocycles. The maximum absolute atomic E-state index is 12.4. The third-order valence-electron chi connectivity index (χ3n) is 5.03. The quantitative estimate of drug-likeness (QED) is 0.688. The summed E-state index contributed by atoms with van der Waals surface area (Å²) < 4.78 is 4.58. The summed E-state index contributed by atoms with van der Waals surface area (Å²) in [5.41, 5.74) is 2.47. The number of rotatable bonds is 7. The van der Waals surface area contributed by atoms with Gasteiger partial charge >= 0.3 is 5.97 Å². The highest BCUT2D eigenvalue weighted by atomic mass is 32.1. The van der Waals surface area contributed by atoms with Crippen LogP contribution >= 0.6 is 11.3 Å². The zero-order valence-electron chi connectivity index (χ0n) is 16.8. The molecule has 1 N–H and O–H groups in total. The van der Waals surface area contributed by atoms with Gasteiger partial charge in [-0.15, -0.1) is 11.3 Å². The van der Waals surface area contributed by atoms with Crippen molar-refractivity contribution < 1.29 is 19.1 Å². The summed E-state index contributed by atoms with van der Waals surface area (Å²) in [6.07, 6.45) is 1.66. The van der Waals surface area contributed by atoms with Crippen LogP contribution in [0.5, 0.6) is 0 Å². The number of ether oxygens (including phenoxy) is 1. The van der Waals surface area contributed by atoms with Gasteiger partial charge in [0.15, 0.2) is 0 Å². The zero-order chi connectivity index (χ0) is 21.5. The molecule has 2 aromatic rings. The van der Waals surface area contributed by atoms with E-state index in [4.69, 9.17) is 0 Å². The van der Waals surface area contributed by atoms with Crippen molar-refractivity contribution in [1.29, 1.82) is 5.26 Å². The number of thiophene rings is 1. The fourth-order valence-electron chi connectivity index (χ4n) is 3.38. The largest absolute Gasteiger partial charge is 0.469 e. The Hall–Kier alpha value is -3.18. The smallest absolute Gasteiger partial charge is 0.306 e. The highest BCUT2D eigenvalue weighted by molar-refractivity contribution is 7.16. The van der Waals surface area contributed by atoms with Crippen molar-refractivity contribution in [2.24, 2.45) is 0 Å². The molecule has 1 aromatic heterocycles. The van der Waals surface area contributed by atoms with E-state index in [9.17, 15) is 19.6 Å². The van der Waals surface area contributed by atoms with Crippen LogP contribution in [0.4, 0.5) is 5.00 Å². The molecule has 3 rings (SSSR count). The van der Waals surface area contributed by atoms with Crippen molar-refractivity contribution in [2.75, 3.05) is 19.0 Å². The molecular weight excluding hydrogens is 402 g/mol. The lowest BCUT2D eigenvalue weighted by Crippen LogP contribution is -2.35. The average Bonchev–Trinajstić information content (AvgIpc) is 3.12. The van der Waals surface area contributed by atoms with Crippen molar-refractivity contribution in [3.63, 3.8) is 0 Å². The molecule has 0 spiro atoms. The Morgan fingerprint density at radius 1 is 1.20 bits per heavy atom. The predicted octanol–water partition coefficient (Wildman–Crippen LogP) is 3.03. The van der Waals surface area contributed by atoms with Crippen LogP contribution in [0, 0.1) is 11.3 Å². The summed E-state index contributed by atoms with van der Waals surface area (Å²) in [5.74, 6) is -0.671. The molecule has 0 bridgehead atoms. The summed E-state index contributed by atoms with van der Waals surface area (Å²) in [4.78, 5) is 38.6. The van der Waals surface area contributed by atoms with E-state index < -0.39 is 5.97 Å². The van der Waals surface area contributed by atoms with Crippen molar-refractivity contribution in [3.05, 3.63) is 51.9 Å². The van der Waals surface area contributed by atoms with E-state index in [1.54, 1.807) is 4.90 Å². The predicted molar refractivity (Wildman–Crippen MR) is 113 cm³/mol. The lowest BCUT2D eigenvalue weighted by molar-refractivity contribution is -0.143. The first-order valence-electron chi connectivity index (χ1n) is 9.74. The third-order valence-corrected chi connectivity index (χ3v) is 6.16. The molecule has 2 heterocycles. The van der Waals surface area contributed by atoms with Crippen molar-refractivity contribution >= 4 is 34.1 Å². The minimum atomic E-state index is -0.413. The summed E-state index contributed by atoms with van der Waals surface area (Å²) in [7, 11) is 1.30. The molecule has 0 atom stereocenters. The van der Waals surface area contributed by atoms with E-state index in [-0.39, 0.29) is 24.7 Å². The lowest BCUT2D eigenvalue weighted by Gasteiger charge is -2.26. The Bertz CT molecular complexity index is 978. The fourth-order valence-corrected chi connectivity index (χ4v) is 4.61.